The van der Waals surface area contributed by atoms with E-state index < -0.39 is 25.2 Å². The van der Waals surface area contributed by atoms with E-state index in [1.54, 1.807) is 18.3 Å². The van der Waals surface area contributed by atoms with Crippen LogP contribution in [-0.4, -0.2) is 25.2 Å². The Morgan fingerprint density at radius 2 is 2.15 bits per heavy atom. The average Bonchev–Trinajstić information content (AvgIpc) is 2.33. The third-order valence-electron chi connectivity index (χ3n) is 2.31. The van der Waals surface area contributed by atoms with E-state index in [4.69, 9.17) is 22.1 Å². The average molecular weight is 311 g/mol. The first-order valence-electron chi connectivity index (χ1n) is 5.70. The number of halogens is 4. The summed E-state index contributed by atoms with van der Waals surface area (Å²) in [6, 6.07) is 4.24. The van der Waals surface area contributed by atoms with Gasteiger partial charge in [0.05, 0.1) is 0 Å². The number of benzene rings is 1. The number of hydrogen-bond acceptors (Lipinski definition) is 3. The van der Waals surface area contributed by atoms with Crippen molar-refractivity contribution in [3.05, 3.63) is 28.8 Å². The SMILES string of the molecule is C[C@@H](N)c1cc(Cl)ccc1OCC(=O)NCC(F)(F)F. The molecule has 8 heteroatoms. The number of nitrogens with two attached hydrogens (primary N) is 1. The van der Waals surface area contributed by atoms with Crippen LogP contribution in [-0.2, 0) is 4.79 Å². The number of alkyl halides is 3. The Kier molecular flexibility index (Phi) is 5.64. The fourth-order valence-electron chi connectivity index (χ4n) is 1.40. The second kappa shape index (κ2) is 6.81. The molecule has 0 fully saturated rings. The van der Waals surface area contributed by atoms with Crippen molar-refractivity contribution in [1.29, 1.82) is 0 Å². The third kappa shape index (κ3) is 5.66. The zero-order valence-electron chi connectivity index (χ0n) is 10.6. The van der Waals surface area contributed by atoms with Gasteiger partial charge in [-0.25, -0.2) is 0 Å². The zero-order valence-corrected chi connectivity index (χ0v) is 11.4. The molecule has 112 valence electrons. The van der Waals surface area contributed by atoms with Crippen LogP contribution in [0.3, 0.4) is 0 Å². The van der Waals surface area contributed by atoms with Crippen LogP contribution >= 0.6 is 11.6 Å². The first kappa shape index (κ1) is 16.6. The molecule has 0 aromatic heterocycles. The van der Waals surface area contributed by atoms with Gasteiger partial charge in [0.1, 0.15) is 12.3 Å². The van der Waals surface area contributed by atoms with Gasteiger partial charge in [0.25, 0.3) is 5.91 Å². The predicted molar refractivity (Wildman–Crippen MR) is 68.6 cm³/mol. The molecule has 0 radical (unpaired) electrons. The third-order valence-corrected chi connectivity index (χ3v) is 2.54. The Bertz CT molecular complexity index is 478. The molecule has 0 aliphatic rings. The van der Waals surface area contributed by atoms with Crippen LogP contribution in [0.2, 0.25) is 5.02 Å². The maximum Gasteiger partial charge on any atom is 0.405 e. The number of rotatable bonds is 5. The standard InChI is InChI=1S/C12H14ClF3N2O2/c1-7(17)9-4-8(13)2-3-10(9)20-5-11(19)18-6-12(14,15)16/h2-4,7H,5-6,17H2,1H3,(H,18,19)/t7-/m1/s1. The molecule has 0 unspecified atom stereocenters. The molecule has 0 saturated carbocycles. The van der Waals surface area contributed by atoms with Gasteiger partial charge in [0.2, 0.25) is 0 Å². The lowest BCUT2D eigenvalue weighted by atomic mass is 10.1. The molecule has 0 spiro atoms. The van der Waals surface area contributed by atoms with Crippen LogP contribution in [0.1, 0.15) is 18.5 Å². The monoisotopic (exact) mass is 310 g/mol. The lowest BCUT2D eigenvalue weighted by Crippen LogP contribution is -2.36. The van der Waals surface area contributed by atoms with Gasteiger partial charge in [0.15, 0.2) is 6.61 Å². The van der Waals surface area contributed by atoms with Crippen molar-refractivity contribution in [3.63, 3.8) is 0 Å². The van der Waals surface area contributed by atoms with Crippen LogP contribution in [0.15, 0.2) is 18.2 Å². The quantitative estimate of drug-likeness (QED) is 0.878. The van der Waals surface area contributed by atoms with Crippen molar-refractivity contribution >= 4 is 17.5 Å². The maximum atomic E-state index is 11.9. The number of carbonyl (C=O) groups is 1. The summed E-state index contributed by atoms with van der Waals surface area (Å²) in [7, 11) is 0. The fraction of sp³-hybridized carbons (Fsp3) is 0.417. The van der Waals surface area contributed by atoms with E-state index in [2.05, 4.69) is 0 Å². The number of hydrogen-bond donors (Lipinski definition) is 2. The first-order chi connectivity index (χ1) is 9.19. The molecule has 0 heterocycles. The van der Waals surface area contributed by atoms with E-state index >= 15 is 0 Å². The molecule has 20 heavy (non-hydrogen) atoms. The molecular weight excluding hydrogens is 297 g/mol. The van der Waals surface area contributed by atoms with Gasteiger partial charge >= 0.3 is 6.18 Å². The largest absolute Gasteiger partial charge is 0.483 e. The van der Waals surface area contributed by atoms with Gasteiger partial charge in [-0.05, 0) is 25.1 Å². The topological polar surface area (TPSA) is 64.3 Å². The molecule has 1 amide bonds. The summed E-state index contributed by atoms with van der Waals surface area (Å²) in [5, 5.41) is 2.16. The van der Waals surface area contributed by atoms with Crippen molar-refractivity contribution < 1.29 is 22.7 Å². The molecule has 0 aliphatic carbocycles. The number of carbonyl (C=O) groups excluding carboxylic acids is 1. The molecule has 0 bridgehead atoms. The first-order valence-corrected chi connectivity index (χ1v) is 6.08. The van der Waals surface area contributed by atoms with Crippen molar-refractivity contribution in [2.75, 3.05) is 13.2 Å². The summed E-state index contributed by atoms with van der Waals surface area (Å²) in [6.07, 6.45) is -4.45. The lowest BCUT2D eigenvalue weighted by molar-refractivity contribution is -0.139. The Balaban J connectivity index is 2.59. The van der Waals surface area contributed by atoms with Crippen molar-refractivity contribution in [2.45, 2.75) is 19.1 Å². The van der Waals surface area contributed by atoms with E-state index in [9.17, 15) is 18.0 Å². The zero-order chi connectivity index (χ0) is 15.3. The smallest absolute Gasteiger partial charge is 0.405 e. The molecular formula is C12H14ClF3N2O2. The van der Waals surface area contributed by atoms with Crippen LogP contribution in [0.25, 0.3) is 0 Å². The molecule has 4 nitrogen and oxygen atoms in total. The Labute approximate surface area is 119 Å². The van der Waals surface area contributed by atoms with Gasteiger partial charge in [-0.2, -0.15) is 13.2 Å². The van der Waals surface area contributed by atoms with Crippen LogP contribution in [0.4, 0.5) is 13.2 Å². The minimum absolute atomic E-state index is 0.312. The second-order valence-electron chi connectivity index (χ2n) is 4.15. The minimum atomic E-state index is -4.45. The normalized spacial score (nSPS) is 12.9. The highest BCUT2D eigenvalue weighted by Crippen LogP contribution is 2.27. The molecule has 1 aromatic carbocycles. The molecule has 1 atom stereocenters. The summed E-state index contributed by atoms with van der Waals surface area (Å²) in [5.41, 5.74) is 6.29. The summed E-state index contributed by atoms with van der Waals surface area (Å²) in [5.74, 6) is -0.556. The maximum absolute atomic E-state index is 11.9. The lowest BCUT2D eigenvalue weighted by Gasteiger charge is -2.14. The Morgan fingerprint density at radius 3 is 2.70 bits per heavy atom. The second-order valence-corrected chi connectivity index (χ2v) is 4.59. The number of ether oxygens (including phenoxy) is 1. The van der Waals surface area contributed by atoms with E-state index in [-0.39, 0.29) is 6.04 Å². The van der Waals surface area contributed by atoms with Gasteiger partial charge in [-0.15, -0.1) is 0 Å². The van der Waals surface area contributed by atoms with Crippen molar-refractivity contribution in [1.82, 2.24) is 5.32 Å². The highest BCUT2D eigenvalue weighted by molar-refractivity contribution is 6.30. The molecule has 1 aromatic rings. The van der Waals surface area contributed by atoms with Crippen molar-refractivity contribution in [2.24, 2.45) is 5.73 Å². The Hall–Kier alpha value is -1.47. The van der Waals surface area contributed by atoms with E-state index in [0.717, 1.165) is 0 Å². The van der Waals surface area contributed by atoms with Gasteiger partial charge in [-0.3, -0.25) is 4.79 Å². The van der Waals surface area contributed by atoms with Gasteiger partial charge in [-0.1, -0.05) is 11.6 Å². The highest BCUT2D eigenvalue weighted by atomic mass is 35.5. The van der Waals surface area contributed by atoms with E-state index in [1.165, 1.54) is 12.1 Å². The van der Waals surface area contributed by atoms with Crippen LogP contribution < -0.4 is 15.8 Å². The molecule has 3 N–H and O–H groups in total. The Morgan fingerprint density at radius 1 is 1.50 bits per heavy atom. The summed E-state index contributed by atoms with van der Waals surface area (Å²) >= 11 is 5.81. The molecule has 0 saturated heterocycles. The molecule has 0 aliphatic heterocycles. The van der Waals surface area contributed by atoms with Crippen molar-refractivity contribution in [3.8, 4) is 5.75 Å². The summed E-state index contributed by atoms with van der Waals surface area (Å²) < 4.78 is 40.9. The van der Waals surface area contributed by atoms with Crippen LogP contribution in [0, 0.1) is 0 Å². The van der Waals surface area contributed by atoms with E-state index in [1.807, 2.05) is 0 Å². The summed E-state index contributed by atoms with van der Waals surface area (Å²) in [6.45, 7) is -0.227. The minimum Gasteiger partial charge on any atom is -0.483 e. The summed E-state index contributed by atoms with van der Waals surface area (Å²) in [4.78, 5) is 11.2. The predicted octanol–water partition coefficient (Wildman–Crippen LogP) is 2.42. The van der Waals surface area contributed by atoms with E-state index in [0.29, 0.717) is 16.3 Å². The van der Waals surface area contributed by atoms with Crippen LogP contribution in [0.5, 0.6) is 5.75 Å². The number of amides is 1. The fourth-order valence-corrected chi connectivity index (χ4v) is 1.58. The van der Waals surface area contributed by atoms with Gasteiger partial charge in [0, 0.05) is 16.6 Å². The van der Waals surface area contributed by atoms with Gasteiger partial charge < -0.3 is 15.8 Å². The number of nitrogens with one attached hydrogen (secondary N) is 1. The highest BCUT2D eigenvalue weighted by Gasteiger charge is 2.27. The molecule has 1 rings (SSSR count).